The predicted molar refractivity (Wildman–Crippen MR) is 72.5 cm³/mol. The Bertz CT molecular complexity index is 427. The molecule has 0 aliphatic carbocycles. The topological polar surface area (TPSA) is 29.5 Å². The van der Waals surface area contributed by atoms with Gasteiger partial charge in [-0.15, -0.1) is 0 Å². The average molecular weight is 299 g/mol. The van der Waals surface area contributed by atoms with E-state index in [0.717, 1.165) is 21.3 Å². The van der Waals surface area contributed by atoms with E-state index in [4.69, 9.17) is 4.74 Å². The number of rotatable bonds is 0. The van der Waals surface area contributed by atoms with Crippen molar-refractivity contribution in [2.45, 2.75) is 45.1 Å². The van der Waals surface area contributed by atoms with Crippen LogP contribution in [0, 0.1) is 0 Å². The van der Waals surface area contributed by atoms with Crippen molar-refractivity contribution in [2.24, 2.45) is 0 Å². The molecule has 0 aromatic heterocycles. The van der Waals surface area contributed by atoms with Gasteiger partial charge in [0.15, 0.2) is 0 Å². The van der Waals surface area contributed by atoms with Gasteiger partial charge in [0.1, 0.15) is 5.75 Å². The van der Waals surface area contributed by atoms with Gasteiger partial charge >= 0.3 is 0 Å². The molecule has 1 aromatic rings. The highest BCUT2D eigenvalue weighted by molar-refractivity contribution is 9.10. The van der Waals surface area contributed by atoms with Gasteiger partial charge in [-0.2, -0.15) is 0 Å². The fourth-order valence-electron chi connectivity index (χ4n) is 2.19. The van der Waals surface area contributed by atoms with E-state index < -0.39 is 5.60 Å². The maximum atomic E-state index is 10.4. The largest absolute Gasteiger partial charge is 0.493 e. The molecule has 2 nitrogen and oxygen atoms in total. The van der Waals surface area contributed by atoms with Crippen molar-refractivity contribution < 1.29 is 9.84 Å². The van der Waals surface area contributed by atoms with E-state index in [9.17, 15) is 5.11 Å². The molecule has 1 atom stereocenters. The summed E-state index contributed by atoms with van der Waals surface area (Å²) in [5.41, 5.74) is 1.24. The molecule has 94 valence electrons. The van der Waals surface area contributed by atoms with E-state index in [1.165, 1.54) is 0 Å². The first-order valence-electron chi connectivity index (χ1n) is 5.91. The van der Waals surface area contributed by atoms with Gasteiger partial charge < -0.3 is 9.84 Å². The van der Waals surface area contributed by atoms with Crippen LogP contribution < -0.4 is 4.74 Å². The lowest BCUT2D eigenvalue weighted by Gasteiger charge is -2.35. The van der Waals surface area contributed by atoms with Crippen molar-refractivity contribution in [3.05, 3.63) is 27.7 Å². The van der Waals surface area contributed by atoms with Crippen molar-refractivity contribution in [1.82, 2.24) is 0 Å². The minimum Gasteiger partial charge on any atom is -0.493 e. The zero-order valence-electron chi connectivity index (χ0n) is 10.8. The van der Waals surface area contributed by atoms with Crippen molar-refractivity contribution in [1.29, 1.82) is 0 Å². The zero-order chi connectivity index (χ0) is 12.8. The summed E-state index contributed by atoms with van der Waals surface area (Å²) < 4.78 is 6.78. The van der Waals surface area contributed by atoms with E-state index in [1.807, 2.05) is 13.0 Å². The third kappa shape index (κ3) is 2.36. The molecule has 1 heterocycles. The number of ether oxygens (including phenoxy) is 1. The lowest BCUT2D eigenvalue weighted by Crippen LogP contribution is -2.31. The molecular weight excluding hydrogens is 280 g/mol. The van der Waals surface area contributed by atoms with E-state index >= 15 is 0 Å². The first-order chi connectivity index (χ1) is 7.72. The number of halogens is 1. The Balaban J connectivity index is 2.68. The third-order valence-corrected chi connectivity index (χ3v) is 3.74. The smallest absolute Gasteiger partial charge is 0.129 e. The van der Waals surface area contributed by atoms with Crippen molar-refractivity contribution in [3.8, 4) is 5.75 Å². The summed E-state index contributed by atoms with van der Waals surface area (Å²) in [5.74, 6) is 0.858. The summed E-state index contributed by atoms with van der Waals surface area (Å²) in [6, 6.07) is 4.05. The first-order valence-corrected chi connectivity index (χ1v) is 6.71. The van der Waals surface area contributed by atoms with Gasteiger partial charge in [-0.25, -0.2) is 0 Å². The van der Waals surface area contributed by atoms with Crippen LogP contribution >= 0.6 is 15.9 Å². The minimum atomic E-state index is -0.794. The van der Waals surface area contributed by atoms with Crippen LogP contribution in [0.3, 0.4) is 0 Å². The molecule has 1 unspecified atom stereocenters. The minimum absolute atomic E-state index is 0.00127. The lowest BCUT2D eigenvalue weighted by molar-refractivity contribution is 0.0139. The number of fused-ring (bicyclic) bond motifs is 1. The molecule has 0 spiro atoms. The molecule has 0 radical (unpaired) electrons. The van der Waals surface area contributed by atoms with Gasteiger partial charge in [-0.1, -0.05) is 36.7 Å². The molecule has 1 aromatic carbocycles. The summed E-state index contributed by atoms with van der Waals surface area (Å²) >= 11 is 3.52. The molecule has 0 saturated heterocycles. The van der Waals surface area contributed by atoms with E-state index in [-0.39, 0.29) is 5.41 Å². The molecule has 0 saturated carbocycles. The Labute approximate surface area is 111 Å². The molecule has 0 amide bonds. The number of hydrogen-bond donors (Lipinski definition) is 1. The van der Waals surface area contributed by atoms with Crippen LogP contribution in [0.5, 0.6) is 5.75 Å². The van der Waals surface area contributed by atoms with Crippen molar-refractivity contribution in [3.63, 3.8) is 0 Å². The van der Waals surface area contributed by atoms with Crippen molar-refractivity contribution >= 4 is 15.9 Å². The average Bonchev–Trinajstić information content (AvgIpc) is 2.16. The summed E-state index contributed by atoms with van der Waals surface area (Å²) in [6.45, 7) is 8.89. The first kappa shape index (κ1) is 12.9. The molecule has 1 aliphatic rings. The second kappa shape index (κ2) is 3.99. The number of benzene rings is 1. The van der Waals surface area contributed by atoms with Crippen LogP contribution in [-0.2, 0) is 11.0 Å². The predicted octanol–water partition coefficient (Wildman–Crippen LogP) is 3.74. The fourth-order valence-corrected chi connectivity index (χ4v) is 2.65. The highest BCUT2D eigenvalue weighted by Crippen LogP contribution is 2.44. The van der Waals surface area contributed by atoms with E-state index in [2.05, 4.69) is 42.8 Å². The Morgan fingerprint density at radius 1 is 1.35 bits per heavy atom. The SMILES string of the molecule is CC(C)(C)c1cc(Br)cc2c1OCCC2(C)O. The standard InChI is InChI=1S/C14H19BrO2/c1-13(2,3)10-7-9(15)8-11-12(10)17-6-5-14(11,4)16/h7-8,16H,5-6H2,1-4H3. The molecule has 1 aliphatic heterocycles. The maximum absolute atomic E-state index is 10.4. The summed E-state index contributed by atoms with van der Waals surface area (Å²) in [5, 5.41) is 10.4. The third-order valence-electron chi connectivity index (χ3n) is 3.28. The molecule has 0 bridgehead atoms. The maximum Gasteiger partial charge on any atom is 0.129 e. The van der Waals surface area contributed by atoms with Crippen LogP contribution in [0.4, 0.5) is 0 Å². The van der Waals surface area contributed by atoms with Gasteiger partial charge in [0.25, 0.3) is 0 Å². The Hall–Kier alpha value is -0.540. The highest BCUT2D eigenvalue weighted by Gasteiger charge is 2.34. The van der Waals surface area contributed by atoms with E-state index in [1.54, 1.807) is 0 Å². The van der Waals surface area contributed by atoms with Gasteiger partial charge in [-0.05, 0) is 24.5 Å². The molecular formula is C14H19BrO2. The number of aliphatic hydroxyl groups is 1. The van der Waals surface area contributed by atoms with Crippen LogP contribution in [0.15, 0.2) is 16.6 Å². The molecule has 3 heteroatoms. The summed E-state index contributed by atoms with van der Waals surface area (Å²) in [4.78, 5) is 0. The van der Waals surface area contributed by atoms with Crippen LogP contribution in [0.2, 0.25) is 0 Å². The van der Waals surface area contributed by atoms with Crippen LogP contribution in [0.1, 0.15) is 45.2 Å². The molecule has 17 heavy (non-hydrogen) atoms. The van der Waals surface area contributed by atoms with E-state index in [0.29, 0.717) is 13.0 Å². The summed E-state index contributed by atoms with van der Waals surface area (Å²) in [6.07, 6.45) is 0.639. The van der Waals surface area contributed by atoms with Crippen molar-refractivity contribution in [2.75, 3.05) is 6.61 Å². The fraction of sp³-hybridized carbons (Fsp3) is 0.571. The second-order valence-corrected chi connectivity index (χ2v) is 6.87. The second-order valence-electron chi connectivity index (χ2n) is 5.95. The van der Waals surface area contributed by atoms with Gasteiger partial charge in [-0.3, -0.25) is 0 Å². The van der Waals surface area contributed by atoms with Crippen LogP contribution in [0.25, 0.3) is 0 Å². The lowest BCUT2D eigenvalue weighted by atomic mass is 9.81. The monoisotopic (exact) mass is 298 g/mol. The summed E-state index contributed by atoms with van der Waals surface area (Å²) in [7, 11) is 0. The van der Waals surface area contributed by atoms with Gasteiger partial charge in [0, 0.05) is 22.0 Å². The highest BCUT2D eigenvalue weighted by atomic mass is 79.9. The zero-order valence-corrected chi connectivity index (χ0v) is 12.4. The molecule has 0 fully saturated rings. The molecule has 2 rings (SSSR count). The molecule has 1 N–H and O–H groups in total. The Morgan fingerprint density at radius 2 is 2.00 bits per heavy atom. The van der Waals surface area contributed by atoms with Crippen LogP contribution in [-0.4, -0.2) is 11.7 Å². The number of hydrogen-bond acceptors (Lipinski definition) is 2. The quantitative estimate of drug-likeness (QED) is 0.791. The van der Waals surface area contributed by atoms with Gasteiger partial charge in [0.05, 0.1) is 12.2 Å². The Morgan fingerprint density at radius 3 is 2.59 bits per heavy atom. The normalized spacial score (nSPS) is 24.1. The Kier molecular flexibility index (Phi) is 3.03. The van der Waals surface area contributed by atoms with Gasteiger partial charge in [0.2, 0.25) is 0 Å².